The molecule has 0 saturated carbocycles. The highest BCUT2D eigenvalue weighted by Gasteiger charge is 2.24. The number of carbonyl (C=O) groups is 2. The second kappa shape index (κ2) is 8.45. The number of aromatic nitrogens is 2. The maximum absolute atomic E-state index is 13.1. The first-order valence-electron chi connectivity index (χ1n) is 11.1. The number of nitrogens with zero attached hydrogens (tertiary/aromatic N) is 4. The molecule has 2 aromatic heterocycles. The van der Waals surface area contributed by atoms with Crippen molar-refractivity contribution in [1.29, 1.82) is 0 Å². The molecule has 32 heavy (non-hydrogen) atoms. The van der Waals surface area contributed by atoms with Crippen LogP contribution in [0.25, 0.3) is 5.65 Å². The Labute approximate surface area is 185 Å². The molecular formula is C24H25N5O3. The third-order valence-electron chi connectivity index (χ3n) is 6.19. The van der Waals surface area contributed by atoms with E-state index in [2.05, 4.69) is 15.2 Å². The van der Waals surface area contributed by atoms with Crippen LogP contribution in [0.4, 0.5) is 11.4 Å². The molecular weight excluding hydrogens is 406 g/mol. The van der Waals surface area contributed by atoms with Gasteiger partial charge in [0.1, 0.15) is 11.2 Å². The lowest BCUT2D eigenvalue weighted by atomic mass is 10.1. The standard InChI is InChI=1S/C24H25N5O3/c30-22(18-16-25-21-7-1-2-14-29(21)24(18)32)26-19-15-17(23(31)28-12-5-6-13-28)8-9-20(19)27-10-3-4-11-27/h1-2,7-9,14-16H,3-6,10-13H2,(H,26,30). The monoisotopic (exact) mass is 431 g/mol. The predicted molar refractivity (Wildman–Crippen MR) is 122 cm³/mol. The van der Waals surface area contributed by atoms with Crippen molar-refractivity contribution in [2.45, 2.75) is 25.7 Å². The molecule has 0 atom stereocenters. The third kappa shape index (κ3) is 3.72. The average molecular weight is 431 g/mol. The first-order chi connectivity index (χ1) is 15.6. The van der Waals surface area contributed by atoms with Gasteiger partial charge in [0.15, 0.2) is 0 Å². The smallest absolute Gasteiger partial charge is 0.270 e. The van der Waals surface area contributed by atoms with Crippen molar-refractivity contribution in [2.24, 2.45) is 0 Å². The van der Waals surface area contributed by atoms with Crippen molar-refractivity contribution >= 4 is 28.8 Å². The lowest BCUT2D eigenvalue weighted by Gasteiger charge is -2.23. The summed E-state index contributed by atoms with van der Waals surface area (Å²) in [6.07, 6.45) is 7.09. The van der Waals surface area contributed by atoms with Crippen molar-refractivity contribution in [2.75, 3.05) is 36.4 Å². The van der Waals surface area contributed by atoms with E-state index in [0.29, 0.717) is 16.9 Å². The number of nitrogens with one attached hydrogen (secondary N) is 1. The normalized spacial score (nSPS) is 16.0. The number of hydrogen-bond donors (Lipinski definition) is 1. The minimum atomic E-state index is -0.535. The van der Waals surface area contributed by atoms with Crippen LogP contribution in [0.15, 0.2) is 53.6 Å². The lowest BCUT2D eigenvalue weighted by Crippen LogP contribution is -2.29. The highest BCUT2D eigenvalue weighted by Crippen LogP contribution is 2.31. The topological polar surface area (TPSA) is 87.0 Å². The summed E-state index contributed by atoms with van der Waals surface area (Å²) in [5, 5.41) is 2.89. The van der Waals surface area contributed by atoms with Gasteiger partial charge in [0.25, 0.3) is 17.4 Å². The van der Waals surface area contributed by atoms with Crippen LogP contribution < -0.4 is 15.8 Å². The van der Waals surface area contributed by atoms with Crippen molar-refractivity contribution < 1.29 is 9.59 Å². The quantitative estimate of drug-likeness (QED) is 0.687. The fourth-order valence-corrected chi connectivity index (χ4v) is 4.48. The van der Waals surface area contributed by atoms with Crippen LogP contribution in [0, 0.1) is 0 Å². The predicted octanol–water partition coefficient (Wildman–Crippen LogP) is 2.78. The van der Waals surface area contributed by atoms with Gasteiger partial charge >= 0.3 is 0 Å². The van der Waals surface area contributed by atoms with Crippen molar-refractivity contribution in [3.8, 4) is 0 Å². The van der Waals surface area contributed by atoms with Gasteiger partial charge in [-0.1, -0.05) is 6.07 Å². The van der Waals surface area contributed by atoms with E-state index in [1.165, 1.54) is 10.6 Å². The molecule has 2 aliphatic heterocycles. The molecule has 2 saturated heterocycles. The third-order valence-corrected chi connectivity index (χ3v) is 6.19. The fourth-order valence-electron chi connectivity index (χ4n) is 4.48. The number of hydrogen-bond acceptors (Lipinski definition) is 5. The Morgan fingerprint density at radius 3 is 2.47 bits per heavy atom. The summed E-state index contributed by atoms with van der Waals surface area (Å²) in [5.41, 5.74) is 1.95. The van der Waals surface area contributed by atoms with Gasteiger partial charge in [-0.05, 0) is 56.0 Å². The summed E-state index contributed by atoms with van der Waals surface area (Å²) in [7, 11) is 0. The van der Waals surface area contributed by atoms with E-state index in [4.69, 9.17) is 0 Å². The molecule has 0 radical (unpaired) electrons. The summed E-state index contributed by atoms with van der Waals surface area (Å²) in [4.78, 5) is 47.1. The number of likely N-dealkylation sites (tertiary alicyclic amines) is 1. The zero-order chi connectivity index (χ0) is 22.1. The van der Waals surface area contributed by atoms with E-state index in [1.807, 2.05) is 17.0 Å². The summed E-state index contributed by atoms with van der Waals surface area (Å²) < 4.78 is 1.35. The van der Waals surface area contributed by atoms with Gasteiger partial charge < -0.3 is 15.1 Å². The Kier molecular flexibility index (Phi) is 5.34. The van der Waals surface area contributed by atoms with Gasteiger partial charge in [0.2, 0.25) is 0 Å². The number of carbonyl (C=O) groups excluding carboxylic acids is 2. The second-order valence-electron chi connectivity index (χ2n) is 8.29. The molecule has 3 aromatic rings. The fraction of sp³-hybridized carbons (Fsp3) is 0.333. The lowest BCUT2D eigenvalue weighted by molar-refractivity contribution is 0.0792. The summed E-state index contributed by atoms with van der Waals surface area (Å²) in [5.74, 6) is -0.564. The molecule has 1 aromatic carbocycles. The number of anilines is 2. The summed E-state index contributed by atoms with van der Waals surface area (Å²) in [6, 6.07) is 10.7. The van der Waals surface area contributed by atoms with Crippen molar-refractivity contribution in [3.05, 3.63) is 70.3 Å². The maximum Gasteiger partial charge on any atom is 0.270 e. The minimum absolute atomic E-state index is 0.0292. The van der Waals surface area contributed by atoms with Crippen LogP contribution in [0.1, 0.15) is 46.4 Å². The van der Waals surface area contributed by atoms with Gasteiger partial charge in [0.05, 0.1) is 11.4 Å². The Morgan fingerprint density at radius 2 is 1.69 bits per heavy atom. The highest BCUT2D eigenvalue weighted by atomic mass is 16.2. The van der Waals surface area contributed by atoms with E-state index < -0.39 is 11.5 Å². The van der Waals surface area contributed by atoms with Crippen LogP contribution >= 0.6 is 0 Å². The SMILES string of the molecule is O=C(Nc1cc(C(=O)N2CCCC2)ccc1N1CCCC1)c1cnc2ccccn2c1=O. The second-order valence-corrected chi connectivity index (χ2v) is 8.29. The van der Waals surface area contributed by atoms with E-state index in [-0.39, 0.29) is 11.5 Å². The van der Waals surface area contributed by atoms with Crippen LogP contribution in [0.5, 0.6) is 0 Å². The zero-order valence-electron chi connectivity index (χ0n) is 17.8. The van der Waals surface area contributed by atoms with E-state index >= 15 is 0 Å². The molecule has 8 nitrogen and oxygen atoms in total. The van der Waals surface area contributed by atoms with Gasteiger partial charge in [0, 0.05) is 44.1 Å². The number of amides is 2. The first-order valence-corrected chi connectivity index (χ1v) is 11.1. The molecule has 1 N–H and O–H groups in total. The van der Waals surface area contributed by atoms with E-state index in [0.717, 1.165) is 57.5 Å². The molecule has 2 aliphatic rings. The molecule has 0 aliphatic carbocycles. The molecule has 2 fully saturated rings. The number of rotatable bonds is 4. The summed E-state index contributed by atoms with van der Waals surface area (Å²) in [6.45, 7) is 3.30. The van der Waals surface area contributed by atoms with Gasteiger partial charge in [-0.2, -0.15) is 0 Å². The minimum Gasteiger partial charge on any atom is -0.370 e. The van der Waals surface area contributed by atoms with E-state index in [1.54, 1.807) is 30.5 Å². The van der Waals surface area contributed by atoms with E-state index in [9.17, 15) is 14.4 Å². The van der Waals surface area contributed by atoms with Crippen LogP contribution in [0.2, 0.25) is 0 Å². The van der Waals surface area contributed by atoms with Crippen LogP contribution in [-0.2, 0) is 0 Å². The van der Waals surface area contributed by atoms with Crippen molar-refractivity contribution in [1.82, 2.24) is 14.3 Å². The molecule has 0 bridgehead atoms. The Bertz CT molecular complexity index is 1240. The molecule has 0 unspecified atom stereocenters. The van der Waals surface area contributed by atoms with Gasteiger partial charge in [-0.25, -0.2) is 4.98 Å². The van der Waals surface area contributed by atoms with Gasteiger partial charge in [-0.3, -0.25) is 18.8 Å². The highest BCUT2D eigenvalue weighted by molar-refractivity contribution is 6.07. The Hall–Kier alpha value is -3.68. The number of benzene rings is 1. The molecule has 4 heterocycles. The zero-order valence-corrected chi connectivity index (χ0v) is 17.8. The van der Waals surface area contributed by atoms with Crippen molar-refractivity contribution in [3.63, 3.8) is 0 Å². The molecule has 2 amide bonds. The molecule has 8 heteroatoms. The molecule has 0 spiro atoms. The Morgan fingerprint density at radius 1 is 0.938 bits per heavy atom. The first kappa shape index (κ1) is 20.2. The van der Waals surface area contributed by atoms with Gasteiger partial charge in [-0.15, -0.1) is 0 Å². The largest absolute Gasteiger partial charge is 0.370 e. The summed E-state index contributed by atoms with van der Waals surface area (Å²) >= 11 is 0. The number of fused-ring (bicyclic) bond motifs is 1. The Balaban J connectivity index is 1.50. The molecule has 5 rings (SSSR count). The average Bonchev–Trinajstić information content (AvgIpc) is 3.53. The maximum atomic E-state index is 13.1. The number of pyridine rings is 1. The van der Waals surface area contributed by atoms with Crippen LogP contribution in [0.3, 0.4) is 0 Å². The molecule has 164 valence electrons. The van der Waals surface area contributed by atoms with Crippen LogP contribution in [-0.4, -0.2) is 52.3 Å².